The van der Waals surface area contributed by atoms with E-state index in [9.17, 15) is 4.79 Å². The molecule has 0 atom stereocenters. The Bertz CT molecular complexity index is 1230. The quantitative estimate of drug-likeness (QED) is 0.392. The van der Waals surface area contributed by atoms with Crippen LogP contribution in [0.5, 0.6) is 5.75 Å². The van der Waals surface area contributed by atoms with E-state index < -0.39 is 0 Å². The number of furan rings is 1. The van der Waals surface area contributed by atoms with Gasteiger partial charge in [-0.1, -0.05) is 41.9 Å². The number of anilines is 1. The lowest BCUT2D eigenvalue weighted by Gasteiger charge is -2.10. The number of carbonyl (C=O) groups is 1. The van der Waals surface area contributed by atoms with Crippen LogP contribution in [0.15, 0.2) is 77.6 Å². The first-order valence-electron chi connectivity index (χ1n) is 9.31. The summed E-state index contributed by atoms with van der Waals surface area (Å²) in [5.41, 5.74) is 4.32. The topological polar surface area (TPSA) is 64.4 Å². The van der Waals surface area contributed by atoms with Crippen LogP contribution in [-0.4, -0.2) is 18.0 Å². The van der Waals surface area contributed by atoms with Gasteiger partial charge in [0.1, 0.15) is 17.2 Å². The normalized spacial score (nSPS) is 11.5. The molecule has 0 aliphatic carbocycles. The predicted octanol–water partition coefficient (Wildman–Crippen LogP) is 6.20. The van der Waals surface area contributed by atoms with Gasteiger partial charge in [-0.25, -0.2) is 4.98 Å². The van der Waals surface area contributed by atoms with E-state index >= 15 is 0 Å². The highest BCUT2D eigenvalue weighted by Crippen LogP contribution is 2.37. The number of fused-ring (bicyclic) bond motifs is 1. The molecule has 4 aromatic rings. The van der Waals surface area contributed by atoms with E-state index in [1.165, 1.54) is 12.3 Å². The molecule has 5 nitrogen and oxygen atoms in total. The summed E-state index contributed by atoms with van der Waals surface area (Å²) in [6.45, 7) is 1.86. The van der Waals surface area contributed by atoms with Crippen LogP contribution in [0.25, 0.3) is 27.7 Å². The Labute approximate surface area is 179 Å². The monoisotopic (exact) mass is 418 g/mol. The van der Waals surface area contributed by atoms with Crippen LogP contribution < -0.4 is 10.1 Å². The zero-order chi connectivity index (χ0) is 21.1. The van der Waals surface area contributed by atoms with Crippen molar-refractivity contribution in [2.24, 2.45) is 0 Å². The Hall–Kier alpha value is -3.57. The Kier molecular flexibility index (Phi) is 5.55. The highest BCUT2D eigenvalue weighted by molar-refractivity contribution is 6.30. The Morgan fingerprint density at radius 3 is 2.67 bits per heavy atom. The third kappa shape index (κ3) is 4.07. The second-order valence-electron chi connectivity index (χ2n) is 6.74. The van der Waals surface area contributed by atoms with Crippen molar-refractivity contribution >= 4 is 39.9 Å². The zero-order valence-electron chi connectivity index (χ0n) is 16.5. The average Bonchev–Trinajstić information content (AvgIpc) is 3.18. The van der Waals surface area contributed by atoms with E-state index in [2.05, 4.69) is 10.3 Å². The molecule has 0 aliphatic heterocycles. The number of nitrogens with one attached hydrogen (secondary N) is 1. The number of allylic oxidation sites excluding steroid dienone is 1. The number of amides is 1. The standard InChI is InChI=1S/C24H19ClN2O3/c1-15(10-24(28)27-23-9-8-17(25)13-26-23)18-11-19-20(16-6-4-3-5-7-16)14-30-22(19)12-21(18)29-2/h3-14H,1-2H3,(H,26,27,28)/b15-10+. The number of pyridine rings is 1. The van der Waals surface area contributed by atoms with Crippen molar-refractivity contribution in [2.45, 2.75) is 6.92 Å². The number of ether oxygens (including phenoxy) is 1. The SMILES string of the molecule is COc1cc2occ(-c3ccccc3)c2cc1/C(C)=C/C(=O)Nc1ccc(Cl)cn1. The lowest BCUT2D eigenvalue weighted by Crippen LogP contribution is -2.09. The van der Waals surface area contributed by atoms with Crippen molar-refractivity contribution in [2.75, 3.05) is 12.4 Å². The second-order valence-corrected chi connectivity index (χ2v) is 7.18. The highest BCUT2D eigenvalue weighted by Gasteiger charge is 2.15. The number of rotatable bonds is 5. The maximum absolute atomic E-state index is 12.5. The fourth-order valence-electron chi connectivity index (χ4n) is 3.26. The van der Waals surface area contributed by atoms with E-state index in [1.54, 1.807) is 25.5 Å². The smallest absolute Gasteiger partial charge is 0.249 e. The maximum atomic E-state index is 12.5. The minimum absolute atomic E-state index is 0.292. The molecule has 0 bridgehead atoms. The summed E-state index contributed by atoms with van der Waals surface area (Å²) in [6, 6.07) is 17.1. The van der Waals surface area contributed by atoms with Crippen LogP contribution in [0.4, 0.5) is 5.82 Å². The van der Waals surface area contributed by atoms with Crippen LogP contribution in [-0.2, 0) is 4.79 Å². The number of nitrogens with zero attached hydrogens (tertiary/aromatic N) is 1. The number of halogens is 1. The van der Waals surface area contributed by atoms with Gasteiger partial charge in [0, 0.05) is 34.9 Å². The molecule has 2 aromatic carbocycles. The molecule has 2 heterocycles. The van der Waals surface area contributed by atoms with Crippen LogP contribution in [0.3, 0.4) is 0 Å². The number of methoxy groups -OCH3 is 1. The van der Waals surface area contributed by atoms with Gasteiger partial charge < -0.3 is 14.5 Å². The number of benzene rings is 2. The van der Waals surface area contributed by atoms with Crippen molar-refractivity contribution in [1.82, 2.24) is 4.98 Å². The predicted molar refractivity (Wildman–Crippen MR) is 120 cm³/mol. The van der Waals surface area contributed by atoms with Crippen LogP contribution in [0, 0.1) is 0 Å². The third-order valence-electron chi connectivity index (χ3n) is 4.73. The lowest BCUT2D eigenvalue weighted by molar-refractivity contribution is -0.111. The van der Waals surface area contributed by atoms with Gasteiger partial charge in [0.15, 0.2) is 0 Å². The molecule has 0 spiro atoms. The molecule has 0 saturated heterocycles. The van der Waals surface area contributed by atoms with E-state index in [0.29, 0.717) is 16.6 Å². The van der Waals surface area contributed by atoms with E-state index in [0.717, 1.165) is 33.2 Å². The summed E-state index contributed by atoms with van der Waals surface area (Å²) in [5.74, 6) is 0.764. The van der Waals surface area contributed by atoms with Gasteiger partial charge in [0.05, 0.1) is 18.4 Å². The fraction of sp³-hybridized carbons (Fsp3) is 0.0833. The molecule has 4 rings (SSSR count). The summed E-state index contributed by atoms with van der Waals surface area (Å²) in [6.07, 6.45) is 4.73. The molecule has 0 aliphatic rings. The zero-order valence-corrected chi connectivity index (χ0v) is 17.2. The van der Waals surface area contributed by atoms with Crippen LogP contribution in [0.1, 0.15) is 12.5 Å². The highest BCUT2D eigenvalue weighted by atomic mass is 35.5. The molecular formula is C24H19ClN2O3. The number of hydrogen-bond acceptors (Lipinski definition) is 4. The van der Waals surface area contributed by atoms with Crippen molar-refractivity contribution in [3.05, 3.63) is 83.7 Å². The molecule has 0 fully saturated rings. The van der Waals surface area contributed by atoms with Crippen molar-refractivity contribution in [3.8, 4) is 16.9 Å². The van der Waals surface area contributed by atoms with Gasteiger partial charge in [-0.2, -0.15) is 0 Å². The summed E-state index contributed by atoms with van der Waals surface area (Å²) in [7, 11) is 1.59. The van der Waals surface area contributed by atoms with Crippen molar-refractivity contribution < 1.29 is 13.9 Å². The van der Waals surface area contributed by atoms with Gasteiger partial charge in [-0.3, -0.25) is 4.79 Å². The molecular weight excluding hydrogens is 400 g/mol. The van der Waals surface area contributed by atoms with Crippen molar-refractivity contribution in [3.63, 3.8) is 0 Å². The molecule has 2 aromatic heterocycles. The molecule has 1 amide bonds. The van der Waals surface area contributed by atoms with Gasteiger partial charge in [0.25, 0.3) is 0 Å². The van der Waals surface area contributed by atoms with Crippen molar-refractivity contribution in [1.29, 1.82) is 0 Å². The largest absolute Gasteiger partial charge is 0.496 e. The van der Waals surface area contributed by atoms with E-state index in [4.69, 9.17) is 20.8 Å². The van der Waals surface area contributed by atoms with E-state index in [1.807, 2.05) is 49.4 Å². The Balaban J connectivity index is 1.70. The molecule has 0 unspecified atom stereocenters. The van der Waals surface area contributed by atoms with Gasteiger partial charge >= 0.3 is 0 Å². The minimum Gasteiger partial charge on any atom is -0.496 e. The van der Waals surface area contributed by atoms with Crippen LogP contribution in [0.2, 0.25) is 5.02 Å². The molecule has 30 heavy (non-hydrogen) atoms. The van der Waals surface area contributed by atoms with Gasteiger partial charge in [-0.05, 0) is 36.3 Å². The summed E-state index contributed by atoms with van der Waals surface area (Å²) < 4.78 is 11.3. The molecule has 6 heteroatoms. The van der Waals surface area contributed by atoms with Gasteiger partial charge in [0.2, 0.25) is 5.91 Å². The summed E-state index contributed by atoms with van der Waals surface area (Å²) in [5, 5.41) is 4.19. The molecule has 150 valence electrons. The second kappa shape index (κ2) is 8.43. The number of hydrogen-bond donors (Lipinski definition) is 1. The Morgan fingerprint density at radius 2 is 1.97 bits per heavy atom. The number of carbonyl (C=O) groups excluding carboxylic acids is 1. The van der Waals surface area contributed by atoms with Gasteiger partial charge in [-0.15, -0.1) is 0 Å². The fourth-order valence-corrected chi connectivity index (χ4v) is 3.37. The first kappa shape index (κ1) is 19.7. The maximum Gasteiger partial charge on any atom is 0.249 e. The molecule has 1 N–H and O–H groups in total. The first-order chi connectivity index (χ1) is 14.5. The van der Waals surface area contributed by atoms with E-state index in [-0.39, 0.29) is 5.91 Å². The first-order valence-corrected chi connectivity index (χ1v) is 9.69. The average molecular weight is 419 g/mol. The minimum atomic E-state index is -0.292. The molecule has 0 radical (unpaired) electrons. The summed E-state index contributed by atoms with van der Waals surface area (Å²) in [4.78, 5) is 16.5. The summed E-state index contributed by atoms with van der Waals surface area (Å²) >= 11 is 5.83. The number of aromatic nitrogens is 1. The lowest BCUT2D eigenvalue weighted by atomic mass is 9.99. The Morgan fingerprint density at radius 1 is 1.17 bits per heavy atom. The van der Waals surface area contributed by atoms with Crippen LogP contribution >= 0.6 is 11.6 Å². The third-order valence-corrected chi connectivity index (χ3v) is 4.96. The molecule has 0 saturated carbocycles.